The summed E-state index contributed by atoms with van der Waals surface area (Å²) in [5.41, 5.74) is 1.06. The van der Waals surface area contributed by atoms with Gasteiger partial charge in [0.05, 0.1) is 12.1 Å². The van der Waals surface area contributed by atoms with E-state index in [4.69, 9.17) is 5.26 Å². The van der Waals surface area contributed by atoms with Crippen LogP contribution in [-0.4, -0.2) is 4.57 Å². The van der Waals surface area contributed by atoms with Gasteiger partial charge >= 0.3 is 0 Å². The van der Waals surface area contributed by atoms with E-state index in [1.165, 1.54) is 16.7 Å². The normalized spacial score (nSPS) is 8.64. The zero-order chi connectivity index (χ0) is 10.6. The maximum absolute atomic E-state index is 11.4. The molecule has 1 heterocycles. The van der Waals surface area contributed by atoms with Gasteiger partial charge in [0.2, 0.25) is 0 Å². The number of nitrogens with zero attached hydrogens (tertiary/aromatic N) is 2. The molecule has 0 aliphatic rings. The molecule has 0 bridgehead atoms. The van der Waals surface area contributed by atoms with E-state index in [0.29, 0.717) is 17.8 Å². The van der Waals surface area contributed by atoms with Crippen molar-refractivity contribution in [3.63, 3.8) is 0 Å². The third kappa shape index (κ3) is 1.84. The minimum Gasteiger partial charge on any atom is -0.300 e. The van der Waals surface area contributed by atoms with Crippen LogP contribution in [0.3, 0.4) is 0 Å². The first-order chi connectivity index (χ1) is 6.70. The number of nitriles is 1. The topological polar surface area (TPSA) is 45.8 Å². The Kier molecular flexibility index (Phi) is 3.09. The zero-order valence-electron chi connectivity index (χ0n) is 8.16. The third-order valence-electron chi connectivity index (χ3n) is 1.99. The fourth-order valence-corrected chi connectivity index (χ4v) is 1.15. The number of rotatable bonds is 1. The largest absolute Gasteiger partial charge is 0.300 e. The molecule has 1 aromatic heterocycles. The lowest BCUT2D eigenvalue weighted by Crippen LogP contribution is -2.21. The molecular formula is C11H10N2O. The zero-order valence-corrected chi connectivity index (χ0v) is 8.16. The molecule has 1 aromatic rings. The molecule has 0 aliphatic heterocycles. The molecule has 0 saturated carbocycles. The summed E-state index contributed by atoms with van der Waals surface area (Å²) in [5, 5.41) is 8.76. The van der Waals surface area contributed by atoms with Crippen LogP contribution in [0.25, 0.3) is 0 Å². The van der Waals surface area contributed by atoms with Crippen LogP contribution in [-0.2, 0) is 6.54 Å². The minimum absolute atomic E-state index is 0.121. The molecule has 0 N–H and O–H groups in total. The van der Waals surface area contributed by atoms with Crippen molar-refractivity contribution in [3.8, 4) is 17.9 Å². The molecular weight excluding hydrogens is 176 g/mol. The maximum Gasteiger partial charge on any atom is 0.251 e. The molecule has 0 saturated heterocycles. The van der Waals surface area contributed by atoms with Gasteiger partial charge in [0.1, 0.15) is 6.07 Å². The van der Waals surface area contributed by atoms with Crippen molar-refractivity contribution in [2.45, 2.75) is 20.4 Å². The number of pyridine rings is 1. The first-order valence-electron chi connectivity index (χ1n) is 4.21. The van der Waals surface area contributed by atoms with Crippen LogP contribution in [0, 0.1) is 30.1 Å². The minimum atomic E-state index is -0.121. The van der Waals surface area contributed by atoms with Crippen LogP contribution in [0.1, 0.15) is 18.2 Å². The number of hydrogen-bond acceptors (Lipinski definition) is 2. The van der Waals surface area contributed by atoms with E-state index in [1.807, 2.05) is 6.07 Å². The van der Waals surface area contributed by atoms with E-state index < -0.39 is 0 Å². The highest BCUT2D eigenvalue weighted by atomic mass is 16.1. The van der Waals surface area contributed by atoms with E-state index in [-0.39, 0.29) is 5.56 Å². The van der Waals surface area contributed by atoms with Crippen molar-refractivity contribution < 1.29 is 0 Å². The van der Waals surface area contributed by atoms with Crippen LogP contribution in [0.5, 0.6) is 0 Å². The molecule has 70 valence electrons. The first-order valence-corrected chi connectivity index (χ1v) is 4.21. The van der Waals surface area contributed by atoms with E-state index >= 15 is 0 Å². The summed E-state index contributed by atoms with van der Waals surface area (Å²) in [5.74, 6) is 5.52. The molecule has 0 unspecified atom stereocenters. The summed E-state index contributed by atoms with van der Waals surface area (Å²) >= 11 is 0. The molecule has 0 atom stereocenters. The number of aromatic nitrogens is 1. The Morgan fingerprint density at radius 1 is 1.50 bits per heavy atom. The van der Waals surface area contributed by atoms with Gasteiger partial charge < -0.3 is 0 Å². The number of hydrogen-bond donors (Lipinski definition) is 0. The lowest BCUT2D eigenvalue weighted by molar-refractivity contribution is 0.758. The second-order valence-electron chi connectivity index (χ2n) is 2.80. The molecule has 3 heteroatoms. The monoisotopic (exact) mass is 186 g/mol. The summed E-state index contributed by atoms with van der Waals surface area (Å²) in [6.07, 6.45) is 0. The first kappa shape index (κ1) is 10.1. The van der Waals surface area contributed by atoms with Gasteiger partial charge in [-0.05, 0) is 19.9 Å². The van der Waals surface area contributed by atoms with E-state index in [9.17, 15) is 4.79 Å². The fourth-order valence-electron chi connectivity index (χ4n) is 1.15. The highest BCUT2D eigenvalue weighted by Crippen LogP contribution is 2.02. The van der Waals surface area contributed by atoms with Crippen molar-refractivity contribution in [1.82, 2.24) is 4.57 Å². The van der Waals surface area contributed by atoms with Gasteiger partial charge in [0.25, 0.3) is 5.56 Å². The Morgan fingerprint density at radius 2 is 2.21 bits per heavy atom. The van der Waals surface area contributed by atoms with Gasteiger partial charge in [-0.2, -0.15) is 5.26 Å². The average molecular weight is 186 g/mol. The van der Waals surface area contributed by atoms with Crippen LogP contribution in [0.2, 0.25) is 0 Å². The Morgan fingerprint density at radius 3 is 2.79 bits per heavy atom. The SMILES string of the molecule is CC#CCn1c(C)c(C#N)ccc1=O. The Balaban J connectivity index is 3.32. The van der Waals surface area contributed by atoms with Crippen molar-refractivity contribution in [1.29, 1.82) is 5.26 Å². The highest BCUT2D eigenvalue weighted by molar-refractivity contribution is 5.32. The van der Waals surface area contributed by atoms with Crippen molar-refractivity contribution in [3.05, 3.63) is 33.7 Å². The van der Waals surface area contributed by atoms with E-state index in [1.54, 1.807) is 13.8 Å². The van der Waals surface area contributed by atoms with Gasteiger partial charge in [-0.25, -0.2) is 0 Å². The predicted octanol–water partition coefficient (Wildman–Crippen LogP) is 1.05. The van der Waals surface area contributed by atoms with Crippen LogP contribution in [0.15, 0.2) is 16.9 Å². The lowest BCUT2D eigenvalue weighted by atomic mass is 10.2. The van der Waals surface area contributed by atoms with E-state index in [0.717, 1.165) is 0 Å². The smallest absolute Gasteiger partial charge is 0.251 e. The van der Waals surface area contributed by atoms with E-state index in [2.05, 4.69) is 11.8 Å². The van der Waals surface area contributed by atoms with Gasteiger partial charge in [-0.15, -0.1) is 5.92 Å². The second-order valence-corrected chi connectivity index (χ2v) is 2.80. The highest BCUT2D eigenvalue weighted by Gasteiger charge is 2.03. The molecule has 3 nitrogen and oxygen atoms in total. The van der Waals surface area contributed by atoms with Gasteiger partial charge in [0, 0.05) is 11.8 Å². The molecule has 0 amide bonds. The maximum atomic E-state index is 11.4. The average Bonchev–Trinajstić information content (AvgIpc) is 2.18. The Bertz CT molecular complexity index is 495. The summed E-state index contributed by atoms with van der Waals surface area (Å²) in [6.45, 7) is 3.81. The fraction of sp³-hybridized carbons (Fsp3) is 0.273. The molecule has 14 heavy (non-hydrogen) atoms. The van der Waals surface area contributed by atoms with Crippen LogP contribution >= 0.6 is 0 Å². The summed E-state index contributed by atoms with van der Waals surface area (Å²) in [6, 6.07) is 4.96. The molecule has 0 aromatic carbocycles. The van der Waals surface area contributed by atoms with Crippen molar-refractivity contribution in [2.75, 3.05) is 0 Å². The summed E-state index contributed by atoms with van der Waals surface area (Å²) in [4.78, 5) is 11.4. The van der Waals surface area contributed by atoms with Crippen LogP contribution in [0.4, 0.5) is 0 Å². The summed E-state index contributed by atoms with van der Waals surface area (Å²) in [7, 11) is 0. The van der Waals surface area contributed by atoms with Gasteiger partial charge in [-0.3, -0.25) is 9.36 Å². The third-order valence-corrected chi connectivity index (χ3v) is 1.99. The van der Waals surface area contributed by atoms with Crippen molar-refractivity contribution >= 4 is 0 Å². The van der Waals surface area contributed by atoms with Crippen LogP contribution < -0.4 is 5.56 Å². The standard InChI is InChI=1S/C11H10N2O/c1-3-4-7-13-9(2)10(8-12)5-6-11(13)14/h5-6H,7H2,1-2H3. The van der Waals surface area contributed by atoms with Crippen molar-refractivity contribution in [2.24, 2.45) is 0 Å². The van der Waals surface area contributed by atoms with Gasteiger partial charge in [0.15, 0.2) is 0 Å². The molecule has 0 fully saturated rings. The molecule has 1 rings (SSSR count). The Hall–Kier alpha value is -2.00. The Labute approximate surface area is 82.6 Å². The van der Waals surface area contributed by atoms with Gasteiger partial charge in [-0.1, -0.05) is 5.92 Å². The molecule has 0 aliphatic carbocycles. The predicted molar refractivity (Wildman–Crippen MR) is 53.6 cm³/mol. The summed E-state index contributed by atoms with van der Waals surface area (Å²) < 4.78 is 1.50. The molecule has 0 radical (unpaired) electrons. The molecule has 0 spiro atoms. The quantitative estimate of drug-likeness (QED) is 0.615. The lowest BCUT2D eigenvalue weighted by Gasteiger charge is -2.06. The second kappa shape index (κ2) is 4.30.